The van der Waals surface area contributed by atoms with Gasteiger partial charge in [-0.25, -0.2) is 0 Å². The summed E-state index contributed by atoms with van der Waals surface area (Å²) in [5, 5.41) is 3.64. The molecule has 0 spiro atoms. The van der Waals surface area contributed by atoms with E-state index in [1.54, 1.807) is 0 Å². The molecule has 0 aliphatic heterocycles. The largest absolute Gasteiger partial charge is 0.381 e. The topological polar surface area (TPSA) is 21.3 Å². The van der Waals surface area contributed by atoms with E-state index >= 15 is 0 Å². The standard InChI is InChI=1S/C19H33NO/c1-6-13-20-18(12-15-21-14-7-2)16-8-10-17(11-9-16)19(3,4)5/h8-11,18,20H,6-7,12-15H2,1-5H3. The van der Waals surface area contributed by atoms with Gasteiger partial charge in [0.1, 0.15) is 0 Å². The molecule has 0 heterocycles. The highest BCUT2D eigenvalue weighted by molar-refractivity contribution is 5.29. The molecular weight excluding hydrogens is 258 g/mol. The highest BCUT2D eigenvalue weighted by atomic mass is 16.5. The number of rotatable bonds is 9. The fourth-order valence-corrected chi connectivity index (χ4v) is 2.37. The van der Waals surface area contributed by atoms with Gasteiger partial charge in [0.25, 0.3) is 0 Å². The lowest BCUT2D eigenvalue weighted by Crippen LogP contribution is -2.24. The van der Waals surface area contributed by atoms with Gasteiger partial charge in [-0.05, 0) is 42.3 Å². The molecular formula is C19H33NO. The highest BCUT2D eigenvalue weighted by Crippen LogP contribution is 2.25. The second-order valence-electron chi connectivity index (χ2n) is 6.78. The average molecular weight is 291 g/mol. The van der Waals surface area contributed by atoms with Crippen molar-refractivity contribution in [3.05, 3.63) is 35.4 Å². The van der Waals surface area contributed by atoms with Crippen LogP contribution in [0.3, 0.4) is 0 Å². The summed E-state index contributed by atoms with van der Waals surface area (Å²) < 4.78 is 5.65. The molecule has 1 unspecified atom stereocenters. The Morgan fingerprint density at radius 3 is 2.19 bits per heavy atom. The fourth-order valence-electron chi connectivity index (χ4n) is 2.37. The molecule has 0 aliphatic rings. The third kappa shape index (κ3) is 6.62. The Morgan fingerprint density at radius 2 is 1.67 bits per heavy atom. The minimum Gasteiger partial charge on any atom is -0.381 e. The lowest BCUT2D eigenvalue weighted by atomic mass is 9.86. The molecule has 0 saturated carbocycles. The summed E-state index contributed by atoms with van der Waals surface area (Å²) in [5.74, 6) is 0. The first kappa shape index (κ1) is 18.2. The Kier molecular flexibility index (Phi) is 7.98. The van der Waals surface area contributed by atoms with Crippen molar-refractivity contribution in [2.45, 2.75) is 65.3 Å². The van der Waals surface area contributed by atoms with Gasteiger partial charge in [0.05, 0.1) is 0 Å². The molecule has 0 amide bonds. The molecule has 1 N–H and O–H groups in total. The highest BCUT2D eigenvalue weighted by Gasteiger charge is 2.15. The SMILES string of the molecule is CCCNC(CCOCCC)c1ccc(C(C)(C)C)cc1. The maximum Gasteiger partial charge on any atom is 0.0484 e. The Labute approximate surface area is 131 Å². The molecule has 0 saturated heterocycles. The Balaban J connectivity index is 2.68. The number of nitrogens with one attached hydrogen (secondary N) is 1. The van der Waals surface area contributed by atoms with Gasteiger partial charge in [-0.15, -0.1) is 0 Å². The van der Waals surface area contributed by atoms with Gasteiger partial charge in [0, 0.05) is 19.3 Å². The quantitative estimate of drug-likeness (QED) is 0.657. The van der Waals surface area contributed by atoms with Gasteiger partial charge in [0.15, 0.2) is 0 Å². The zero-order valence-corrected chi connectivity index (χ0v) is 14.5. The summed E-state index contributed by atoms with van der Waals surface area (Å²) in [5.41, 5.74) is 2.98. The molecule has 1 aromatic rings. The van der Waals surface area contributed by atoms with Crippen LogP contribution in [0.2, 0.25) is 0 Å². The van der Waals surface area contributed by atoms with E-state index in [-0.39, 0.29) is 5.41 Å². The summed E-state index contributed by atoms with van der Waals surface area (Å²) >= 11 is 0. The second kappa shape index (κ2) is 9.22. The Hall–Kier alpha value is -0.860. The number of hydrogen-bond donors (Lipinski definition) is 1. The molecule has 0 aromatic heterocycles. The van der Waals surface area contributed by atoms with Crippen LogP contribution in [0.1, 0.15) is 71.0 Å². The van der Waals surface area contributed by atoms with Crippen molar-refractivity contribution in [2.24, 2.45) is 0 Å². The predicted octanol–water partition coefficient (Wildman–Crippen LogP) is 4.84. The third-order valence-corrected chi connectivity index (χ3v) is 3.72. The summed E-state index contributed by atoms with van der Waals surface area (Å²) in [6.07, 6.45) is 3.29. The van der Waals surface area contributed by atoms with Crippen molar-refractivity contribution in [1.82, 2.24) is 5.32 Å². The zero-order chi connectivity index (χ0) is 15.7. The normalized spacial score (nSPS) is 13.4. The van der Waals surface area contributed by atoms with Gasteiger partial charge < -0.3 is 10.1 Å². The molecule has 2 nitrogen and oxygen atoms in total. The van der Waals surface area contributed by atoms with Gasteiger partial charge in [-0.1, -0.05) is 58.9 Å². The molecule has 120 valence electrons. The van der Waals surface area contributed by atoms with Crippen molar-refractivity contribution in [3.8, 4) is 0 Å². The number of benzene rings is 1. The van der Waals surface area contributed by atoms with Gasteiger partial charge in [0.2, 0.25) is 0 Å². The molecule has 1 aromatic carbocycles. The van der Waals surface area contributed by atoms with Crippen LogP contribution in [-0.2, 0) is 10.2 Å². The third-order valence-electron chi connectivity index (χ3n) is 3.72. The van der Waals surface area contributed by atoms with Crippen LogP contribution in [0, 0.1) is 0 Å². The minimum atomic E-state index is 0.217. The predicted molar refractivity (Wildman–Crippen MR) is 91.9 cm³/mol. The van der Waals surface area contributed by atoms with Crippen LogP contribution in [0.25, 0.3) is 0 Å². The van der Waals surface area contributed by atoms with Crippen LogP contribution < -0.4 is 5.32 Å². The molecule has 2 heteroatoms. The van der Waals surface area contributed by atoms with E-state index in [9.17, 15) is 0 Å². The zero-order valence-electron chi connectivity index (χ0n) is 14.5. The van der Waals surface area contributed by atoms with Crippen LogP contribution in [0.15, 0.2) is 24.3 Å². The monoisotopic (exact) mass is 291 g/mol. The fraction of sp³-hybridized carbons (Fsp3) is 0.684. The van der Waals surface area contributed by atoms with Crippen LogP contribution in [-0.4, -0.2) is 19.8 Å². The molecule has 0 bridgehead atoms. The molecule has 1 atom stereocenters. The van der Waals surface area contributed by atoms with E-state index in [4.69, 9.17) is 4.74 Å². The number of hydrogen-bond acceptors (Lipinski definition) is 2. The average Bonchev–Trinajstić information content (AvgIpc) is 2.46. The molecule has 0 aliphatic carbocycles. The number of ether oxygens (including phenoxy) is 1. The maximum atomic E-state index is 5.65. The first-order chi connectivity index (χ1) is 9.99. The van der Waals surface area contributed by atoms with E-state index in [0.29, 0.717) is 6.04 Å². The summed E-state index contributed by atoms with van der Waals surface area (Å²) in [6.45, 7) is 13.9. The minimum absolute atomic E-state index is 0.217. The summed E-state index contributed by atoms with van der Waals surface area (Å²) in [4.78, 5) is 0. The van der Waals surface area contributed by atoms with E-state index in [1.165, 1.54) is 11.1 Å². The Bertz CT molecular complexity index is 378. The van der Waals surface area contributed by atoms with E-state index in [1.807, 2.05) is 0 Å². The molecule has 0 radical (unpaired) electrons. The summed E-state index contributed by atoms with van der Waals surface area (Å²) in [7, 11) is 0. The van der Waals surface area contributed by atoms with Crippen molar-refractivity contribution in [1.29, 1.82) is 0 Å². The van der Waals surface area contributed by atoms with Crippen molar-refractivity contribution < 1.29 is 4.74 Å². The Morgan fingerprint density at radius 1 is 1.00 bits per heavy atom. The van der Waals surface area contributed by atoms with Crippen LogP contribution in [0.5, 0.6) is 0 Å². The van der Waals surface area contributed by atoms with E-state index in [2.05, 4.69) is 64.2 Å². The second-order valence-corrected chi connectivity index (χ2v) is 6.78. The molecule has 0 fully saturated rings. The van der Waals surface area contributed by atoms with Crippen LogP contribution in [0.4, 0.5) is 0 Å². The van der Waals surface area contributed by atoms with Crippen molar-refractivity contribution in [3.63, 3.8) is 0 Å². The van der Waals surface area contributed by atoms with E-state index < -0.39 is 0 Å². The van der Waals surface area contributed by atoms with Gasteiger partial charge in [-0.3, -0.25) is 0 Å². The smallest absolute Gasteiger partial charge is 0.0484 e. The van der Waals surface area contributed by atoms with Crippen molar-refractivity contribution >= 4 is 0 Å². The molecule has 21 heavy (non-hydrogen) atoms. The van der Waals surface area contributed by atoms with Gasteiger partial charge >= 0.3 is 0 Å². The van der Waals surface area contributed by atoms with Crippen molar-refractivity contribution in [2.75, 3.05) is 19.8 Å². The lowest BCUT2D eigenvalue weighted by molar-refractivity contribution is 0.124. The van der Waals surface area contributed by atoms with Gasteiger partial charge in [-0.2, -0.15) is 0 Å². The first-order valence-electron chi connectivity index (χ1n) is 8.40. The lowest BCUT2D eigenvalue weighted by Gasteiger charge is -2.22. The maximum absolute atomic E-state index is 5.65. The summed E-state index contributed by atoms with van der Waals surface area (Å²) in [6, 6.07) is 9.48. The van der Waals surface area contributed by atoms with E-state index in [0.717, 1.165) is 39.0 Å². The molecule has 1 rings (SSSR count). The first-order valence-corrected chi connectivity index (χ1v) is 8.40. The van der Waals surface area contributed by atoms with Crippen LogP contribution >= 0.6 is 0 Å².